The van der Waals surface area contributed by atoms with Gasteiger partial charge in [-0.1, -0.05) is 0 Å². The Morgan fingerprint density at radius 2 is 2.56 bits per heavy atom. The number of methoxy groups -OCH3 is 1. The molecule has 18 heavy (non-hydrogen) atoms. The third-order valence-electron chi connectivity index (χ3n) is 3.31. The van der Waals surface area contributed by atoms with E-state index >= 15 is 0 Å². The summed E-state index contributed by atoms with van der Waals surface area (Å²) in [7, 11) is 1.66. The number of rotatable bonds is 6. The van der Waals surface area contributed by atoms with Crippen LogP contribution >= 0.6 is 0 Å². The molecule has 1 aliphatic rings. The van der Waals surface area contributed by atoms with E-state index in [-0.39, 0.29) is 5.91 Å². The van der Waals surface area contributed by atoms with Crippen LogP contribution in [0.25, 0.3) is 0 Å². The molecule has 1 unspecified atom stereocenters. The van der Waals surface area contributed by atoms with Crippen LogP contribution < -0.4 is 10.6 Å². The molecule has 100 valence electrons. The molecule has 2 N–H and O–H groups in total. The maximum atomic E-state index is 12.1. The van der Waals surface area contributed by atoms with Gasteiger partial charge in [0.15, 0.2) is 0 Å². The Bertz CT molecular complexity index is 383. The Kier molecular flexibility index (Phi) is 4.78. The molecular weight excluding hydrogens is 230 g/mol. The Labute approximate surface area is 108 Å². The summed E-state index contributed by atoms with van der Waals surface area (Å²) in [6.45, 7) is 4.13. The minimum absolute atomic E-state index is 0.00278. The lowest BCUT2D eigenvalue weighted by Crippen LogP contribution is -2.31. The summed E-state index contributed by atoms with van der Waals surface area (Å²) >= 11 is 0. The fourth-order valence-corrected chi connectivity index (χ4v) is 2.22. The van der Waals surface area contributed by atoms with Gasteiger partial charge in [-0.25, -0.2) is 0 Å². The highest BCUT2D eigenvalue weighted by atomic mass is 16.5. The molecule has 0 saturated carbocycles. The first-order valence-corrected chi connectivity index (χ1v) is 6.44. The predicted molar refractivity (Wildman–Crippen MR) is 69.6 cm³/mol. The number of hydrogen-bond acceptors (Lipinski definition) is 3. The molecule has 1 fully saturated rings. The average Bonchev–Trinajstić information content (AvgIpc) is 3.04. The molecule has 1 atom stereocenters. The van der Waals surface area contributed by atoms with Gasteiger partial charge >= 0.3 is 0 Å². The Balaban J connectivity index is 1.85. The van der Waals surface area contributed by atoms with Gasteiger partial charge in [-0.05, 0) is 37.6 Å². The molecule has 0 aliphatic carbocycles. The largest absolute Gasteiger partial charge is 0.383 e. The molecule has 0 radical (unpaired) electrons. The van der Waals surface area contributed by atoms with Gasteiger partial charge in [0.05, 0.1) is 6.61 Å². The number of aromatic nitrogens is 1. The number of ether oxygens (including phenoxy) is 1. The highest BCUT2D eigenvalue weighted by molar-refractivity contribution is 5.92. The molecule has 2 rings (SSSR count). The van der Waals surface area contributed by atoms with Crippen LogP contribution in [0.15, 0.2) is 18.3 Å². The number of carbonyl (C=O) groups is 1. The van der Waals surface area contributed by atoms with Crippen molar-refractivity contribution in [1.29, 1.82) is 0 Å². The quantitative estimate of drug-likeness (QED) is 0.773. The van der Waals surface area contributed by atoms with Gasteiger partial charge in [-0.2, -0.15) is 0 Å². The van der Waals surface area contributed by atoms with Crippen molar-refractivity contribution in [3.8, 4) is 0 Å². The van der Waals surface area contributed by atoms with Crippen molar-refractivity contribution in [2.75, 3.05) is 33.4 Å². The standard InChI is InChI=1S/C13H21N3O2/c1-18-8-7-16-6-2-3-12(16)13(17)15-10-11-4-5-14-9-11/h2-3,6,11,14H,4-5,7-10H2,1H3,(H,15,17). The van der Waals surface area contributed by atoms with E-state index in [1.807, 2.05) is 22.9 Å². The van der Waals surface area contributed by atoms with E-state index in [0.29, 0.717) is 24.8 Å². The van der Waals surface area contributed by atoms with Crippen LogP contribution in [-0.2, 0) is 11.3 Å². The summed E-state index contributed by atoms with van der Waals surface area (Å²) < 4.78 is 6.95. The lowest BCUT2D eigenvalue weighted by molar-refractivity contribution is 0.0936. The van der Waals surface area contributed by atoms with Crippen LogP contribution in [-0.4, -0.2) is 43.8 Å². The van der Waals surface area contributed by atoms with E-state index in [1.165, 1.54) is 0 Å². The summed E-state index contributed by atoms with van der Waals surface area (Å²) in [4.78, 5) is 12.1. The van der Waals surface area contributed by atoms with Gasteiger partial charge in [-0.15, -0.1) is 0 Å². The molecule has 5 nitrogen and oxygen atoms in total. The normalized spacial score (nSPS) is 19.1. The summed E-state index contributed by atoms with van der Waals surface area (Å²) in [5.74, 6) is 0.569. The lowest BCUT2D eigenvalue weighted by Gasteiger charge is -2.12. The summed E-state index contributed by atoms with van der Waals surface area (Å²) in [5, 5.41) is 6.30. The van der Waals surface area contributed by atoms with Crippen molar-refractivity contribution in [3.05, 3.63) is 24.0 Å². The van der Waals surface area contributed by atoms with Crippen molar-refractivity contribution < 1.29 is 9.53 Å². The number of carbonyl (C=O) groups excluding carboxylic acids is 1. The minimum atomic E-state index is 0.00278. The second-order valence-corrected chi connectivity index (χ2v) is 4.65. The molecule has 0 spiro atoms. The highest BCUT2D eigenvalue weighted by Crippen LogP contribution is 2.07. The van der Waals surface area contributed by atoms with E-state index in [4.69, 9.17) is 4.74 Å². The number of nitrogens with zero attached hydrogens (tertiary/aromatic N) is 1. The maximum absolute atomic E-state index is 12.1. The molecular formula is C13H21N3O2. The van der Waals surface area contributed by atoms with Crippen LogP contribution in [0.4, 0.5) is 0 Å². The van der Waals surface area contributed by atoms with Crippen LogP contribution in [0.1, 0.15) is 16.9 Å². The van der Waals surface area contributed by atoms with E-state index < -0.39 is 0 Å². The average molecular weight is 251 g/mol. The minimum Gasteiger partial charge on any atom is -0.383 e. The molecule has 1 aromatic heterocycles. The van der Waals surface area contributed by atoms with Crippen molar-refractivity contribution in [2.24, 2.45) is 5.92 Å². The van der Waals surface area contributed by atoms with Gasteiger partial charge in [0, 0.05) is 26.4 Å². The van der Waals surface area contributed by atoms with Crippen LogP contribution in [0.2, 0.25) is 0 Å². The Morgan fingerprint density at radius 1 is 1.67 bits per heavy atom. The summed E-state index contributed by atoms with van der Waals surface area (Å²) in [6.07, 6.45) is 3.05. The topological polar surface area (TPSA) is 55.3 Å². The zero-order valence-corrected chi connectivity index (χ0v) is 10.8. The van der Waals surface area contributed by atoms with Crippen molar-refractivity contribution in [1.82, 2.24) is 15.2 Å². The molecule has 1 aromatic rings. The van der Waals surface area contributed by atoms with Crippen molar-refractivity contribution in [3.63, 3.8) is 0 Å². The maximum Gasteiger partial charge on any atom is 0.267 e. The van der Waals surface area contributed by atoms with E-state index in [9.17, 15) is 4.79 Å². The van der Waals surface area contributed by atoms with Gasteiger partial charge in [0.1, 0.15) is 5.69 Å². The van der Waals surface area contributed by atoms with Crippen LogP contribution in [0.5, 0.6) is 0 Å². The summed E-state index contributed by atoms with van der Waals surface area (Å²) in [5.41, 5.74) is 0.706. The monoisotopic (exact) mass is 251 g/mol. The first-order chi connectivity index (χ1) is 8.81. The van der Waals surface area contributed by atoms with E-state index in [2.05, 4.69) is 10.6 Å². The molecule has 5 heteroatoms. The smallest absolute Gasteiger partial charge is 0.267 e. The van der Waals surface area contributed by atoms with Gasteiger partial charge in [0.2, 0.25) is 0 Å². The lowest BCUT2D eigenvalue weighted by atomic mass is 10.1. The molecule has 1 amide bonds. The fourth-order valence-electron chi connectivity index (χ4n) is 2.22. The first-order valence-electron chi connectivity index (χ1n) is 6.44. The van der Waals surface area contributed by atoms with Crippen molar-refractivity contribution >= 4 is 5.91 Å². The van der Waals surface area contributed by atoms with Crippen molar-refractivity contribution in [2.45, 2.75) is 13.0 Å². The predicted octanol–water partition coefficient (Wildman–Crippen LogP) is 0.474. The number of nitrogens with one attached hydrogen (secondary N) is 2. The van der Waals surface area contributed by atoms with E-state index in [0.717, 1.165) is 26.1 Å². The molecule has 0 aromatic carbocycles. The molecule has 1 aliphatic heterocycles. The Morgan fingerprint density at radius 3 is 3.28 bits per heavy atom. The molecule has 2 heterocycles. The number of hydrogen-bond donors (Lipinski definition) is 2. The zero-order valence-electron chi connectivity index (χ0n) is 10.8. The van der Waals surface area contributed by atoms with Gasteiger partial charge in [0.25, 0.3) is 5.91 Å². The van der Waals surface area contributed by atoms with Gasteiger partial charge < -0.3 is 19.9 Å². The third-order valence-corrected chi connectivity index (χ3v) is 3.31. The van der Waals surface area contributed by atoms with Crippen LogP contribution in [0.3, 0.4) is 0 Å². The second-order valence-electron chi connectivity index (χ2n) is 4.65. The summed E-state index contributed by atoms with van der Waals surface area (Å²) in [6, 6.07) is 3.74. The van der Waals surface area contributed by atoms with Crippen LogP contribution in [0, 0.1) is 5.92 Å². The first kappa shape index (κ1) is 13.1. The Hall–Kier alpha value is -1.33. The zero-order chi connectivity index (χ0) is 12.8. The fraction of sp³-hybridized carbons (Fsp3) is 0.615. The van der Waals surface area contributed by atoms with E-state index in [1.54, 1.807) is 7.11 Å². The highest BCUT2D eigenvalue weighted by Gasteiger charge is 2.16. The number of amides is 1. The SMILES string of the molecule is COCCn1cccc1C(=O)NCC1CCNC1. The third kappa shape index (κ3) is 3.34. The van der Waals surface area contributed by atoms with Gasteiger partial charge in [-0.3, -0.25) is 4.79 Å². The molecule has 0 bridgehead atoms. The molecule has 1 saturated heterocycles. The second kappa shape index (κ2) is 6.56.